The zero-order chi connectivity index (χ0) is 19.0. The molecule has 1 aromatic carbocycles. The Morgan fingerprint density at radius 1 is 1.23 bits per heavy atom. The van der Waals surface area contributed by atoms with Gasteiger partial charge >= 0.3 is 12.0 Å². The number of H-pyrrole nitrogens is 1. The van der Waals surface area contributed by atoms with Gasteiger partial charge in [-0.05, 0) is 38.0 Å². The molecule has 2 amide bonds. The van der Waals surface area contributed by atoms with Crippen molar-refractivity contribution < 1.29 is 14.3 Å². The van der Waals surface area contributed by atoms with Crippen LogP contribution in [0.15, 0.2) is 35.3 Å². The van der Waals surface area contributed by atoms with E-state index >= 15 is 0 Å². The second-order valence-electron chi connectivity index (χ2n) is 6.37. The van der Waals surface area contributed by atoms with Crippen LogP contribution >= 0.6 is 0 Å². The summed E-state index contributed by atoms with van der Waals surface area (Å²) in [7, 11) is 0. The number of aryl methyl sites for hydroxylation is 2. The molecule has 1 saturated heterocycles. The molecule has 1 aromatic heterocycles. The molecule has 0 spiro atoms. The van der Waals surface area contributed by atoms with Crippen LogP contribution in [0.4, 0.5) is 4.79 Å². The van der Waals surface area contributed by atoms with Gasteiger partial charge in [-0.25, -0.2) is 4.79 Å². The molecular weight excluding hydrogens is 334 g/mol. The maximum absolute atomic E-state index is 12.7. The second-order valence-corrected chi connectivity index (χ2v) is 6.37. The number of benzene rings is 1. The van der Waals surface area contributed by atoms with Gasteiger partial charge in [0.15, 0.2) is 0 Å². The van der Waals surface area contributed by atoms with Crippen LogP contribution < -0.4 is 16.2 Å². The Balaban J connectivity index is 2.18. The van der Waals surface area contributed by atoms with Crippen molar-refractivity contribution in [3.05, 3.63) is 57.5 Å². The van der Waals surface area contributed by atoms with E-state index in [9.17, 15) is 14.4 Å². The molecular formula is C19H21N3O4. The highest BCUT2D eigenvalue weighted by atomic mass is 16.5. The molecule has 0 radical (unpaired) electrons. The average molecular weight is 355 g/mol. The molecule has 7 heteroatoms. The van der Waals surface area contributed by atoms with Gasteiger partial charge in [0.1, 0.15) is 5.92 Å². The summed E-state index contributed by atoms with van der Waals surface area (Å²) in [5.74, 6) is -1.44. The second kappa shape index (κ2) is 6.67. The molecule has 2 aromatic rings. The summed E-state index contributed by atoms with van der Waals surface area (Å²) in [6.45, 7) is 9.49. The normalized spacial score (nSPS) is 19.8. The van der Waals surface area contributed by atoms with E-state index in [1.54, 1.807) is 13.0 Å². The van der Waals surface area contributed by atoms with Crippen molar-refractivity contribution >= 4 is 22.9 Å². The minimum absolute atomic E-state index is 0.190. The van der Waals surface area contributed by atoms with E-state index < -0.39 is 24.0 Å². The van der Waals surface area contributed by atoms with Crippen molar-refractivity contribution in [2.75, 3.05) is 6.61 Å². The molecule has 1 aliphatic rings. The number of aromatic nitrogens is 1. The van der Waals surface area contributed by atoms with E-state index in [2.05, 4.69) is 22.2 Å². The summed E-state index contributed by atoms with van der Waals surface area (Å²) in [6.07, 6.45) is 0. The van der Waals surface area contributed by atoms with Crippen LogP contribution in [0.25, 0.3) is 10.9 Å². The van der Waals surface area contributed by atoms with Crippen molar-refractivity contribution in [3.8, 4) is 0 Å². The van der Waals surface area contributed by atoms with Crippen molar-refractivity contribution in [2.24, 2.45) is 5.92 Å². The molecule has 1 aliphatic heterocycles. The Hall–Kier alpha value is -3.09. The van der Waals surface area contributed by atoms with Crippen LogP contribution in [-0.2, 0) is 9.53 Å². The maximum Gasteiger partial charge on any atom is 0.319 e. The van der Waals surface area contributed by atoms with Crippen molar-refractivity contribution in [3.63, 3.8) is 0 Å². The quantitative estimate of drug-likeness (QED) is 0.735. The number of amides is 2. The van der Waals surface area contributed by atoms with Crippen LogP contribution in [0.3, 0.4) is 0 Å². The highest BCUT2D eigenvalue weighted by Crippen LogP contribution is 2.30. The summed E-state index contributed by atoms with van der Waals surface area (Å²) in [6, 6.07) is 4.25. The maximum atomic E-state index is 12.7. The van der Waals surface area contributed by atoms with Crippen molar-refractivity contribution in [2.45, 2.75) is 26.8 Å². The lowest BCUT2D eigenvalue weighted by atomic mass is 9.88. The third kappa shape index (κ3) is 2.96. The number of hydrogen-bond donors (Lipinski definition) is 3. The number of carbonyl (C=O) groups is 2. The zero-order valence-electron chi connectivity index (χ0n) is 14.9. The monoisotopic (exact) mass is 355 g/mol. The third-order valence-electron chi connectivity index (χ3n) is 4.62. The number of hydrogen-bond acceptors (Lipinski definition) is 4. The van der Waals surface area contributed by atoms with Gasteiger partial charge in [0.05, 0.1) is 18.2 Å². The Morgan fingerprint density at radius 2 is 1.92 bits per heavy atom. The Morgan fingerprint density at radius 3 is 2.62 bits per heavy atom. The first-order chi connectivity index (χ1) is 12.3. The van der Waals surface area contributed by atoms with E-state index in [-0.39, 0.29) is 17.9 Å². The topological polar surface area (TPSA) is 100 Å². The Kier molecular flexibility index (Phi) is 4.54. The van der Waals surface area contributed by atoms with Crippen LogP contribution in [0, 0.1) is 19.8 Å². The number of pyridine rings is 1. The molecule has 2 atom stereocenters. The lowest BCUT2D eigenvalue weighted by molar-refractivity contribution is -0.147. The summed E-state index contributed by atoms with van der Waals surface area (Å²) in [5.41, 5.74) is 2.80. The van der Waals surface area contributed by atoms with E-state index in [1.165, 1.54) is 0 Å². The number of rotatable bonds is 3. The molecule has 136 valence electrons. The van der Waals surface area contributed by atoms with Gasteiger partial charge in [-0.3, -0.25) is 9.59 Å². The Bertz CT molecular complexity index is 977. The molecule has 1 fully saturated rings. The number of ether oxygens (including phenoxy) is 1. The summed E-state index contributed by atoms with van der Waals surface area (Å²) in [4.78, 5) is 39.9. The highest BCUT2D eigenvalue weighted by Gasteiger charge is 2.40. The largest absolute Gasteiger partial charge is 0.465 e. The first-order valence-electron chi connectivity index (χ1n) is 8.39. The molecule has 0 aliphatic carbocycles. The zero-order valence-corrected chi connectivity index (χ0v) is 14.9. The number of nitrogens with one attached hydrogen (secondary N) is 3. The summed E-state index contributed by atoms with van der Waals surface area (Å²) >= 11 is 0. The van der Waals surface area contributed by atoms with E-state index in [4.69, 9.17) is 4.74 Å². The smallest absolute Gasteiger partial charge is 0.319 e. The van der Waals surface area contributed by atoms with Gasteiger partial charge in [0.25, 0.3) is 5.56 Å². The summed E-state index contributed by atoms with van der Waals surface area (Å²) < 4.78 is 5.11. The van der Waals surface area contributed by atoms with Gasteiger partial charge in [0.2, 0.25) is 0 Å². The first-order valence-corrected chi connectivity index (χ1v) is 8.39. The number of esters is 1. The molecule has 0 saturated carbocycles. The molecule has 3 N–H and O–H groups in total. The number of fused-ring (bicyclic) bond motifs is 1. The van der Waals surface area contributed by atoms with Gasteiger partial charge < -0.3 is 20.4 Å². The molecule has 0 unspecified atom stereocenters. The average Bonchev–Trinajstić information content (AvgIpc) is 2.57. The van der Waals surface area contributed by atoms with Gasteiger partial charge in [0, 0.05) is 16.6 Å². The fourth-order valence-electron chi connectivity index (χ4n) is 3.28. The number of carbonyl (C=O) groups excluding carboxylic acids is 2. The van der Waals surface area contributed by atoms with Crippen molar-refractivity contribution in [1.29, 1.82) is 0 Å². The fraction of sp³-hybridized carbons (Fsp3) is 0.316. The summed E-state index contributed by atoms with van der Waals surface area (Å²) in [5, 5.41) is 6.01. The predicted octanol–water partition coefficient (Wildman–Crippen LogP) is 2.19. The van der Waals surface area contributed by atoms with E-state index in [1.807, 2.05) is 26.0 Å². The lowest BCUT2D eigenvalue weighted by Gasteiger charge is -2.32. The first kappa shape index (κ1) is 17.7. The van der Waals surface area contributed by atoms with Gasteiger partial charge in [-0.2, -0.15) is 0 Å². The molecule has 2 heterocycles. The molecule has 26 heavy (non-hydrogen) atoms. The molecule has 0 bridgehead atoms. The number of aromatic amines is 1. The minimum atomic E-state index is -0.892. The standard InChI is InChI=1S/C19H21N3O4/c1-5-26-18(24)14-11(4)20-19(25)22-16(14)13-8-12-9(2)6-7-10(3)15(12)21-17(13)23/h6-8,14,16H,4-5H2,1-3H3,(H,21,23)(H2,20,22,25)/t14-,16-/m0/s1. The predicted molar refractivity (Wildman–Crippen MR) is 97.7 cm³/mol. The fourth-order valence-corrected chi connectivity index (χ4v) is 3.28. The van der Waals surface area contributed by atoms with Crippen LogP contribution in [0.1, 0.15) is 29.7 Å². The van der Waals surface area contributed by atoms with Crippen LogP contribution in [0.5, 0.6) is 0 Å². The molecule has 3 rings (SSSR count). The van der Waals surface area contributed by atoms with Gasteiger partial charge in [-0.15, -0.1) is 0 Å². The van der Waals surface area contributed by atoms with Crippen molar-refractivity contribution in [1.82, 2.24) is 15.6 Å². The number of urea groups is 1. The lowest BCUT2D eigenvalue weighted by Crippen LogP contribution is -2.52. The highest BCUT2D eigenvalue weighted by molar-refractivity contribution is 5.88. The SMILES string of the molecule is C=C1NC(=O)N[C@@H](c2cc3c(C)ccc(C)c3[nH]c2=O)[C@H]1C(=O)OCC. The minimum Gasteiger partial charge on any atom is -0.465 e. The van der Waals surface area contributed by atoms with Crippen LogP contribution in [-0.4, -0.2) is 23.6 Å². The third-order valence-corrected chi connectivity index (χ3v) is 4.62. The van der Waals surface area contributed by atoms with Gasteiger partial charge in [-0.1, -0.05) is 18.7 Å². The molecule has 7 nitrogen and oxygen atoms in total. The van der Waals surface area contributed by atoms with Crippen LogP contribution in [0.2, 0.25) is 0 Å². The van der Waals surface area contributed by atoms with E-state index in [0.29, 0.717) is 5.56 Å². The van der Waals surface area contributed by atoms with E-state index in [0.717, 1.165) is 22.0 Å². The Labute approximate surface area is 150 Å².